The lowest BCUT2D eigenvalue weighted by molar-refractivity contribution is -0.141. The molecule has 4 atom stereocenters. The normalized spacial score (nSPS) is 35.5. The summed E-state index contributed by atoms with van der Waals surface area (Å²) in [6.45, 7) is 5.74. The summed E-state index contributed by atoms with van der Waals surface area (Å²) in [5, 5.41) is 18.7. The van der Waals surface area contributed by atoms with E-state index in [0.717, 1.165) is 6.42 Å². The zero-order valence-corrected chi connectivity index (χ0v) is 11.5. The third-order valence-corrected chi connectivity index (χ3v) is 4.41. The number of hydrogen-bond acceptors (Lipinski definition) is 3. The number of amides is 2. The molecule has 2 heterocycles. The summed E-state index contributed by atoms with van der Waals surface area (Å²) in [5.74, 6) is -0.0275. The average molecular weight is 270 g/mol. The molecule has 0 aromatic rings. The predicted molar refractivity (Wildman–Crippen MR) is 68.7 cm³/mol. The Morgan fingerprint density at radius 3 is 2.42 bits per heavy atom. The molecule has 2 rings (SSSR count). The number of carboxylic acid groups (broad SMARTS) is 1. The second kappa shape index (κ2) is 5.36. The highest BCUT2D eigenvalue weighted by Gasteiger charge is 2.41. The van der Waals surface area contributed by atoms with E-state index < -0.39 is 18.1 Å². The third kappa shape index (κ3) is 2.83. The minimum absolute atomic E-state index is 0.121. The van der Waals surface area contributed by atoms with Crippen LogP contribution in [0.2, 0.25) is 0 Å². The van der Waals surface area contributed by atoms with Gasteiger partial charge in [-0.2, -0.15) is 0 Å². The molecule has 2 fully saturated rings. The van der Waals surface area contributed by atoms with Gasteiger partial charge in [0.2, 0.25) is 0 Å². The largest absolute Gasteiger partial charge is 0.480 e. The Balaban J connectivity index is 2.04. The number of carboxylic acids is 1. The van der Waals surface area contributed by atoms with E-state index in [-0.39, 0.29) is 19.0 Å². The van der Waals surface area contributed by atoms with Crippen LogP contribution in [0.15, 0.2) is 0 Å². The first kappa shape index (κ1) is 14.1. The maximum absolute atomic E-state index is 12.4. The van der Waals surface area contributed by atoms with Gasteiger partial charge in [-0.05, 0) is 18.3 Å². The van der Waals surface area contributed by atoms with E-state index >= 15 is 0 Å². The Labute approximate surface area is 113 Å². The molecule has 0 aliphatic carbocycles. The summed E-state index contributed by atoms with van der Waals surface area (Å²) in [6, 6.07) is -1.14. The predicted octanol–water partition coefficient (Wildman–Crippen LogP) is 0.604. The Morgan fingerprint density at radius 1 is 1.16 bits per heavy atom. The maximum atomic E-state index is 12.4. The van der Waals surface area contributed by atoms with Crippen molar-refractivity contribution >= 4 is 12.0 Å². The fourth-order valence-corrected chi connectivity index (χ4v) is 2.88. The monoisotopic (exact) mass is 270 g/mol. The maximum Gasteiger partial charge on any atom is 0.326 e. The molecule has 2 unspecified atom stereocenters. The van der Waals surface area contributed by atoms with E-state index in [1.165, 1.54) is 4.90 Å². The van der Waals surface area contributed by atoms with E-state index in [1.807, 2.05) is 0 Å². The van der Waals surface area contributed by atoms with Gasteiger partial charge in [0.15, 0.2) is 0 Å². The zero-order valence-electron chi connectivity index (χ0n) is 11.5. The topological polar surface area (TPSA) is 81.1 Å². The van der Waals surface area contributed by atoms with Crippen LogP contribution in [-0.4, -0.2) is 63.8 Å². The quantitative estimate of drug-likeness (QED) is 0.731. The molecule has 0 saturated carbocycles. The number of nitrogens with zero attached hydrogens (tertiary/aromatic N) is 2. The highest BCUT2D eigenvalue weighted by atomic mass is 16.4. The molecule has 6 heteroatoms. The van der Waals surface area contributed by atoms with Gasteiger partial charge < -0.3 is 20.0 Å². The van der Waals surface area contributed by atoms with Gasteiger partial charge in [0.05, 0.1) is 6.10 Å². The van der Waals surface area contributed by atoms with Crippen molar-refractivity contribution in [2.45, 2.75) is 38.8 Å². The van der Waals surface area contributed by atoms with Crippen LogP contribution in [0.1, 0.15) is 26.7 Å². The number of carbonyl (C=O) groups excluding carboxylic acids is 1. The van der Waals surface area contributed by atoms with Gasteiger partial charge in [-0.25, -0.2) is 9.59 Å². The first-order chi connectivity index (χ1) is 8.90. The Morgan fingerprint density at radius 2 is 1.84 bits per heavy atom. The lowest BCUT2D eigenvalue weighted by Gasteiger charge is -2.38. The number of urea groups is 1. The van der Waals surface area contributed by atoms with Gasteiger partial charge in [0, 0.05) is 26.1 Å². The molecule has 0 aromatic heterocycles. The molecule has 108 valence electrons. The van der Waals surface area contributed by atoms with Crippen LogP contribution in [0.25, 0.3) is 0 Å². The summed E-state index contributed by atoms with van der Waals surface area (Å²) in [7, 11) is 0. The lowest BCUT2D eigenvalue weighted by Crippen LogP contribution is -2.51. The smallest absolute Gasteiger partial charge is 0.326 e. The summed E-state index contributed by atoms with van der Waals surface area (Å²) >= 11 is 0. The van der Waals surface area contributed by atoms with Gasteiger partial charge in [0.25, 0.3) is 0 Å². The van der Waals surface area contributed by atoms with Crippen LogP contribution in [0, 0.1) is 11.8 Å². The van der Waals surface area contributed by atoms with Gasteiger partial charge in [-0.15, -0.1) is 0 Å². The van der Waals surface area contributed by atoms with E-state index in [9.17, 15) is 14.7 Å². The number of hydrogen-bond donors (Lipinski definition) is 2. The number of piperidine rings is 1. The molecule has 2 aliphatic heterocycles. The molecular weight excluding hydrogens is 248 g/mol. The number of aliphatic hydroxyl groups is 1. The van der Waals surface area contributed by atoms with Crippen molar-refractivity contribution in [3.8, 4) is 0 Å². The van der Waals surface area contributed by atoms with Crippen molar-refractivity contribution < 1.29 is 19.8 Å². The zero-order chi connectivity index (χ0) is 14.2. The molecule has 2 N–H and O–H groups in total. The number of rotatable bonds is 1. The number of aliphatic hydroxyl groups excluding tert-OH is 1. The van der Waals surface area contributed by atoms with Crippen molar-refractivity contribution in [3.05, 3.63) is 0 Å². The van der Waals surface area contributed by atoms with Crippen LogP contribution >= 0.6 is 0 Å². The van der Waals surface area contributed by atoms with Crippen molar-refractivity contribution in [2.75, 3.05) is 19.6 Å². The van der Waals surface area contributed by atoms with Crippen LogP contribution in [-0.2, 0) is 4.79 Å². The molecule has 19 heavy (non-hydrogen) atoms. The van der Waals surface area contributed by atoms with Crippen molar-refractivity contribution in [1.82, 2.24) is 9.80 Å². The molecule has 2 amide bonds. The standard InChI is InChI=1S/C13H22N2O4/c1-8-3-4-14(6-9(8)2)13(19)15-7-10(16)5-11(15)12(17)18/h8-11,16H,3-7H2,1-2H3,(H,17,18)/t8?,9?,10-,11-/m1/s1. The van der Waals surface area contributed by atoms with Crippen LogP contribution in [0.4, 0.5) is 4.79 Å². The van der Waals surface area contributed by atoms with Crippen molar-refractivity contribution in [1.29, 1.82) is 0 Å². The fraction of sp³-hybridized carbons (Fsp3) is 0.846. The van der Waals surface area contributed by atoms with Gasteiger partial charge in [0.1, 0.15) is 6.04 Å². The molecule has 0 spiro atoms. The van der Waals surface area contributed by atoms with Crippen LogP contribution < -0.4 is 0 Å². The molecule has 2 saturated heterocycles. The van der Waals surface area contributed by atoms with Gasteiger partial charge >= 0.3 is 12.0 Å². The van der Waals surface area contributed by atoms with Crippen molar-refractivity contribution in [3.63, 3.8) is 0 Å². The second-order valence-corrected chi connectivity index (χ2v) is 5.87. The minimum atomic E-state index is -1.04. The third-order valence-electron chi connectivity index (χ3n) is 4.41. The van der Waals surface area contributed by atoms with E-state index in [0.29, 0.717) is 24.9 Å². The molecule has 6 nitrogen and oxygen atoms in total. The van der Waals surface area contributed by atoms with Gasteiger partial charge in [-0.3, -0.25) is 0 Å². The van der Waals surface area contributed by atoms with Crippen LogP contribution in [0.5, 0.6) is 0 Å². The number of carbonyl (C=O) groups is 2. The van der Waals surface area contributed by atoms with E-state index in [2.05, 4.69) is 13.8 Å². The second-order valence-electron chi connectivity index (χ2n) is 5.87. The molecule has 0 radical (unpaired) electrons. The Hall–Kier alpha value is -1.30. The Kier molecular flexibility index (Phi) is 3.99. The molecule has 2 aliphatic rings. The SMILES string of the molecule is CC1CCN(C(=O)N2C[C@H](O)C[C@@H]2C(=O)O)CC1C. The van der Waals surface area contributed by atoms with E-state index in [4.69, 9.17) is 5.11 Å². The van der Waals surface area contributed by atoms with Gasteiger partial charge in [-0.1, -0.05) is 13.8 Å². The first-order valence-electron chi connectivity index (χ1n) is 6.86. The number of β-amino-alcohol motifs (C(OH)–C–C–N with tert-alkyl or cyclic N) is 1. The summed E-state index contributed by atoms with van der Waals surface area (Å²) < 4.78 is 0. The minimum Gasteiger partial charge on any atom is -0.480 e. The molecule has 0 aromatic carbocycles. The number of likely N-dealkylation sites (tertiary alicyclic amines) is 2. The number of aliphatic carboxylic acids is 1. The highest BCUT2D eigenvalue weighted by Crippen LogP contribution is 2.26. The summed E-state index contributed by atoms with van der Waals surface area (Å²) in [5.41, 5.74) is 0. The first-order valence-corrected chi connectivity index (χ1v) is 6.86. The lowest BCUT2D eigenvalue weighted by atomic mass is 9.89. The molecule has 0 bridgehead atoms. The van der Waals surface area contributed by atoms with E-state index in [1.54, 1.807) is 4.90 Å². The highest BCUT2D eigenvalue weighted by molar-refractivity contribution is 5.83. The average Bonchev–Trinajstić information content (AvgIpc) is 2.74. The van der Waals surface area contributed by atoms with Crippen molar-refractivity contribution in [2.24, 2.45) is 11.8 Å². The summed E-state index contributed by atoms with van der Waals surface area (Å²) in [6.07, 6.45) is 0.341. The fourth-order valence-electron chi connectivity index (χ4n) is 2.88. The summed E-state index contributed by atoms with van der Waals surface area (Å²) in [4.78, 5) is 26.6. The van der Waals surface area contributed by atoms with Crippen LogP contribution in [0.3, 0.4) is 0 Å². The molecular formula is C13H22N2O4. The Bertz CT molecular complexity index is 374.